The minimum atomic E-state index is 0.305. The van der Waals surface area contributed by atoms with Crippen molar-refractivity contribution in [3.8, 4) is 0 Å². The molecule has 1 aromatic carbocycles. The molecule has 1 nitrogen and oxygen atoms in total. The van der Waals surface area contributed by atoms with Gasteiger partial charge in [0.1, 0.15) is 0 Å². The quantitative estimate of drug-likeness (QED) is 0.845. The maximum Gasteiger partial charge on any atom is 0.0434 e. The molecular weight excluding hydrogens is 285 g/mol. The molecule has 1 aliphatic carbocycles. The molecule has 0 bridgehead atoms. The first-order valence-corrected chi connectivity index (χ1v) is 6.36. The topological polar surface area (TPSA) is 12.0 Å². The summed E-state index contributed by atoms with van der Waals surface area (Å²) in [6.07, 6.45) is 3.95. The minimum absolute atomic E-state index is 0.305. The zero-order chi connectivity index (χ0) is 10.0. The van der Waals surface area contributed by atoms with Crippen LogP contribution < -0.4 is 5.32 Å². The predicted octanol–water partition coefficient (Wildman–Crippen LogP) is 3.28. The van der Waals surface area contributed by atoms with Gasteiger partial charge in [0, 0.05) is 9.11 Å². The van der Waals surface area contributed by atoms with Gasteiger partial charge in [-0.2, -0.15) is 0 Å². The van der Waals surface area contributed by atoms with Gasteiger partial charge < -0.3 is 5.32 Å². The van der Waals surface area contributed by atoms with Gasteiger partial charge in [-0.1, -0.05) is 19.1 Å². The van der Waals surface area contributed by atoms with E-state index in [-0.39, 0.29) is 0 Å². The Morgan fingerprint density at radius 2 is 1.93 bits per heavy atom. The first kappa shape index (κ1) is 10.4. The Bertz CT molecular complexity index is 301. The maximum atomic E-state index is 3.63. The van der Waals surface area contributed by atoms with Crippen LogP contribution in [0.15, 0.2) is 24.3 Å². The first-order chi connectivity index (χ1) is 6.77. The Balaban J connectivity index is 2.23. The average molecular weight is 301 g/mol. The molecule has 0 unspecified atom stereocenters. The fraction of sp³-hybridized carbons (Fsp3) is 0.500. The summed E-state index contributed by atoms with van der Waals surface area (Å²) in [5, 5.41) is 3.63. The second kappa shape index (κ2) is 4.19. The third-order valence-corrected chi connectivity index (χ3v) is 3.84. The number of rotatable bonds is 3. The van der Waals surface area contributed by atoms with Crippen molar-refractivity contribution in [2.45, 2.75) is 31.7 Å². The molecule has 1 fully saturated rings. The van der Waals surface area contributed by atoms with Crippen molar-refractivity contribution in [2.75, 3.05) is 6.54 Å². The highest BCUT2D eigenvalue weighted by Gasteiger charge is 2.37. The lowest BCUT2D eigenvalue weighted by Gasteiger charge is -2.43. The van der Waals surface area contributed by atoms with Crippen LogP contribution in [-0.2, 0) is 5.54 Å². The van der Waals surface area contributed by atoms with Crippen molar-refractivity contribution in [1.82, 2.24) is 5.32 Å². The summed E-state index contributed by atoms with van der Waals surface area (Å²) in [6.45, 7) is 3.25. The summed E-state index contributed by atoms with van der Waals surface area (Å²) in [4.78, 5) is 0. The highest BCUT2D eigenvalue weighted by Crippen LogP contribution is 2.41. The Hall–Kier alpha value is -0.0900. The van der Waals surface area contributed by atoms with Crippen LogP contribution in [0.3, 0.4) is 0 Å². The minimum Gasteiger partial charge on any atom is -0.308 e. The van der Waals surface area contributed by atoms with Gasteiger partial charge in [0.25, 0.3) is 0 Å². The second-order valence-corrected chi connectivity index (χ2v) is 5.22. The molecule has 14 heavy (non-hydrogen) atoms. The van der Waals surface area contributed by atoms with Crippen molar-refractivity contribution in [3.63, 3.8) is 0 Å². The number of nitrogens with one attached hydrogen (secondary N) is 1. The van der Waals surface area contributed by atoms with Crippen LogP contribution in [-0.4, -0.2) is 6.54 Å². The van der Waals surface area contributed by atoms with Crippen LogP contribution in [0.5, 0.6) is 0 Å². The van der Waals surface area contributed by atoms with Crippen LogP contribution in [0.4, 0.5) is 0 Å². The van der Waals surface area contributed by atoms with Gasteiger partial charge in [-0.05, 0) is 66.1 Å². The molecule has 0 radical (unpaired) electrons. The van der Waals surface area contributed by atoms with Gasteiger partial charge in [-0.15, -0.1) is 0 Å². The lowest BCUT2D eigenvalue weighted by atomic mass is 9.72. The molecule has 1 N–H and O–H groups in total. The van der Waals surface area contributed by atoms with E-state index in [1.54, 1.807) is 0 Å². The molecule has 1 saturated carbocycles. The second-order valence-electron chi connectivity index (χ2n) is 3.97. The fourth-order valence-corrected chi connectivity index (χ4v) is 2.56. The molecule has 76 valence electrons. The van der Waals surface area contributed by atoms with Crippen molar-refractivity contribution >= 4 is 22.6 Å². The van der Waals surface area contributed by atoms with E-state index < -0.39 is 0 Å². The SMILES string of the molecule is CCNC1(c2ccc(I)cc2)CCC1. The zero-order valence-corrected chi connectivity index (χ0v) is 10.7. The van der Waals surface area contributed by atoms with Gasteiger partial charge >= 0.3 is 0 Å². The fourth-order valence-electron chi connectivity index (χ4n) is 2.21. The van der Waals surface area contributed by atoms with Gasteiger partial charge in [0.15, 0.2) is 0 Å². The molecule has 0 spiro atoms. The van der Waals surface area contributed by atoms with E-state index in [1.165, 1.54) is 28.4 Å². The highest BCUT2D eigenvalue weighted by atomic mass is 127. The lowest BCUT2D eigenvalue weighted by Crippen LogP contribution is -2.47. The number of hydrogen-bond acceptors (Lipinski definition) is 1. The average Bonchev–Trinajstić information content (AvgIpc) is 2.13. The molecular formula is C12H16IN. The van der Waals surface area contributed by atoms with Crippen LogP contribution in [0.2, 0.25) is 0 Å². The largest absolute Gasteiger partial charge is 0.308 e. The van der Waals surface area contributed by atoms with E-state index in [0.717, 1.165) is 6.54 Å². The van der Waals surface area contributed by atoms with Crippen molar-refractivity contribution in [1.29, 1.82) is 0 Å². The highest BCUT2D eigenvalue weighted by molar-refractivity contribution is 14.1. The molecule has 2 rings (SSSR count). The molecule has 0 aromatic heterocycles. The third-order valence-electron chi connectivity index (χ3n) is 3.12. The molecule has 0 saturated heterocycles. The van der Waals surface area contributed by atoms with Crippen LogP contribution in [0.25, 0.3) is 0 Å². The molecule has 0 aliphatic heterocycles. The van der Waals surface area contributed by atoms with Crippen molar-refractivity contribution in [2.24, 2.45) is 0 Å². The Morgan fingerprint density at radius 3 is 2.36 bits per heavy atom. The zero-order valence-electron chi connectivity index (χ0n) is 8.52. The number of hydrogen-bond donors (Lipinski definition) is 1. The van der Waals surface area contributed by atoms with E-state index >= 15 is 0 Å². The molecule has 2 heteroatoms. The monoisotopic (exact) mass is 301 g/mol. The van der Waals surface area contributed by atoms with E-state index in [1.807, 2.05) is 0 Å². The normalized spacial score (nSPS) is 19.0. The number of halogens is 1. The summed E-state index contributed by atoms with van der Waals surface area (Å²) >= 11 is 2.36. The van der Waals surface area contributed by atoms with E-state index in [4.69, 9.17) is 0 Å². The molecule has 0 atom stereocenters. The van der Waals surface area contributed by atoms with E-state index in [0.29, 0.717) is 5.54 Å². The molecule has 0 amide bonds. The van der Waals surface area contributed by atoms with Crippen LogP contribution in [0, 0.1) is 3.57 Å². The van der Waals surface area contributed by atoms with Gasteiger partial charge in [0.05, 0.1) is 0 Å². The molecule has 1 aliphatic rings. The molecule has 0 heterocycles. The Labute approximate surface area is 99.4 Å². The van der Waals surface area contributed by atoms with Gasteiger partial charge in [-0.25, -0.2) is 0 Å². The lowest BCUT2D eigenvalue weighted by molar-refractivity contribution is 0.190. The smallest absolute Gasteiger partial charge is 0.0434 e. The van der Waals surface area contributed by atoms with Crippen LogP contribution in [0.1, 0.15) is 31.7 Å². The predicted molar refractivity (Wildman–Crippen MR) is 68.4 cm³/mol. The summed E-state index contributed by atoms with van der Waals surface area (Å²) in [5.74, 6) is 0. The van der Waals surface area contributed by atoms with Crippen molar-refractivity contribution < 1.29 is 0 Å². The van der Waals surface area contributed by atoms with Crippen LogP contribution >= 0.6 is 22.6 Å². The van der Waals surface area contributed by atoms with Crippen molar-refractivity contribution in [3.05, 3.63) is 33.4 Å². The summed E-state index contributed by atoms with van der Waals surface area (Å²) in [7, 11) is 0. The summed E-state index contributed by atoms with van der Waals surface area (Å²) in [6, 6.07) is 8.94. The molecule has 1 aromatic rings. The Kier molecular flexibility index (Phi) is 3.12. The summed E-state index contributed by atoms with van der Waals surface area (Å²) in [5.41, 5.74) is 1.77. The standard InChI is InChI=1S/C12H16IN/c1-2-14-12(8-3-9-12)10-4-6-11(13)7-5-10/h4-7,14H,2-3,8-9H2,1H3. The third kappa shape index (κ3) is 1.82. The Morgan fingerprint density at radius 1 is 1.29 bits per heavy atom. The number of benzene rings is 1. The van der Waals surface area contributed by atoms with Gasteiger partial charge in [0.2, 0.25) is 0 Å². The maximum absolute atomic E-state index is 3.63. The van der Waals surface area contributed by atoms with Gasteiger partial charge in [-0.3, -0.25) is 0 Å². The van der Waals surface area contributed by atoms with E-state index in [2.05, 4.69) is 59.1 Å². The first-order valence-electron chi connectivity index (χ1n) is 5.28. The van der Waals surface area contributed by atoms with E-state index in [9.17, 15) is 0 Å². The summed E-state index contributed by atoms with van der Waals surface area (Å²) < 4.78 is 1.32.